The molecule has 1 atom stereocenters. The molecule has 0 aromatic rings. The fraction of sp³-hybridized carbons (Fsp3) is 0.750. The van der Waals surface area contributed by atoms with Crippen molar-refractivity contribution < 1.29 is 10.2 Å². The topological polar surface area (TPSA) is 40.5 Å². The number of allylic oxidation sites excluding steroid dienone is 2. The van der Waals surface area contributed by atoms with Gasteiger partial charge in [-0.05, 0) is 25.7 Å². The Balaban J connectivity index is 3.07. The molecule has 0 rings (SSSR count). The lowest BCUT2D eigenvalue weighted by molar-refractivity contribution is 0.131. The fourth-order valence-corrected chi connectivity index (χ4v) is 1.93. The van der Waals surface area contributed by atoms with Gasteiger partial charge >= 0.3 is 0 Å². The minimum Gasteiger partial charge on any atom is -0.393 e. The highest BCUT2D eigenvalue weighted by Crippen LogP contribution is 2.10. The van der Waals surface area contributed by atoms with E-state index in [0.29, 0.717) is 0 Å². The van der Waals surface area contributed by atoms with Gasteiger partial charge < -0.3 is 10.2 Å². The van der Waals surface area contributed by atoms with Gasteiger partial charge in [-0.15, -0.1) is 6.58 Å². The van der Waals surface area contributed by atoms with Crippen LogP contribution in [0.5, 0.6) is 0 Å². The molecule has 0 aliphatic heterocycles. The smallest absolute Gasteiger partial charge is 0.0951 e. The molecule has 0 unspecified atom stereocenters. The van der Waals surface area contributed by atoms with Crippen molar-refractivity contribution in [3.05, 3.63) is 24.8 Å². The van der Waals surface area contributed by atoms with Crippen LogP contribution in [-0.2, 0) is 0 Å². The van der Waals surface area contributed by atoms with Crippen LogP contribution in [0.25, 0.3) is 0 Å². The van der Waals surface area contributed by atoms with Gasteiger partial charge in [-0.1, -0.05) is 56.8 Å². The van der Waals surface area contributed by atoms with Crippen LogP contribution in [0.2, 0.25) is 0 Å². The average Bonchev–Trinajstić information content (AvgIpc) is 2.39. The molecule has 0 aromatic heterocycles. The van der Waals surface area contributed by atoms with Crippen molar-refractivity contribution >= 4 is 0 Å². The largest absolute Gasteiger partial charge is 0.393 e. The maximum atomic E-state index is 9.08. The SMILES string of the molecule is C=CCCCCCCCCCC/C=C/[C@@H](O)CO. The summed E-state index contributed by atoms with van der Waals surface area (Å²) in [7, 11) is 0. The molecule has 0 heterocycles. The number of hydrogen-bond donors (Lipinski definition) is 2. The normalized spacial score (nSPS) is 13.0. The molecule has 0 aliphatic carbocycles. The van der Waals surface area contributed by atoms with Gasteiger partial charge in [-0.25, -0.2) is 0 Å². The predicted octanol–water partition coefficient (Wildman–Crippen LogP) is 3.98. The van der Waals surface area contributed by atoms with E-state index in [0.717, 1.165) is 12.8 Å². The van der Waals surface area contributed by atoms with Gasteiger partial charge in [0.25, 0.3) is 0 Å². The van der Waals surface area contributed by atoms with Crippen molar-refractivity contribution in [3.63, 3.8) is 0 Å². The van der Waals surface area contributed by atoms with Crippen molar-refractivity contribution in [2.45, 2.75) is 70.3 Å². The highest BCUT2D eigenvalue weighted by Gasteiger charge is 1.93. The lowest BCUT2D eigenvalue weighted by Gasteiger charge is -2.01. The average molecular weight is 254 g/mol. The molecule has 106 valence electrons. The van der Waals surface area contributed by atoms with Crippen molar-refractivity contribution in [1.29, 1.82) is 0 Å². The standard InChI is InChI=1S/C16H30O2/c1-2-3-4-5-6-7-8-9-10-11-12-13-14-16(18)15-17/h2,13-14,16-18H,1,3-12,15H2/b14-13+/t16-/m1/s1. The van der Waals surface area contributed by atoms with Crippen molar-refractivity contribution in [2.75, 3.05) is 6.61 Å². The molecule has 0 aliphatic rings. The summed E-state index contributed by atoms with van der Waals surface area (Å²) in [6.07, 6.45) is 17.6. The second-order valence-electron chi connectivity index (χ2n) is 4.87. The van der Waals surface area contributed by atoms with Crippen molar-refractivity contribution in [1.82, 2.24) is 0 Å². The second-order valence-corrected chi connectivity index (χ2v) is 4.87. The van der Waals surface area contributed by atoms with E-state index in [-0.39, 0.29) is 6.61 Å². The number of rotatable bonds is 13. The number of hydrogen-bond acceptors (Lipinski definition) is 2. The van der Waals surface area contributed by atoms with E-state index >= 15 is 0 Å². The Morgan fingerprint density at radius 1 is 0.833 bits per heavy atom. The molecular weight excluding hydrogens is 224 g/mol. The van der Waals surface area contributed by atoms with E-state index in [1.54, 1.807) is 6.08 Å². The highest BCUT2D eigenvalue weighted by atomic mass is 16.3. The minimum atomic E-state index is -0.680. The van der Waals surface area contributed by atoms with Gasteiger partial charge in [0.15, 0.2) is 0 Å². The molecule has 0 aromatic carbocycles. The number of aliphatic hydroxyl groups excluding tert-OH is 2. The second kappa shape index (κ2) is 14.5. The third-order valence-corrected chi connectivity index (χ3v) is 3.07. The van der Waals surface area contributed by atoms with Crippen molar-refractivity contribution in [2.24, 2.45) is 0 Å². The lowest BCUT2D eigenvalue weighted by Crippen LogP contribution is -2.06. The maximum absolute atomic E-state index is 9.08. The summed E-state index contributed by atoms with van der Waals surface area (Å²) in [5.74, 6) is 0. The van der Waals surface area contributed by atoms with E-state index in [1.165, 1.54) is 51.4 Å². The summed E-state index contributed by atoms with van der Waals surface area (Å²) in [4.78, 5) is 0. The first-order chi connectivity index (χ1) is 8.81. The van der Waals surface area contributed by atoms with E-state index in [2.05, 4.69) is 6.58 Å². The molecule has 2 nitrogen and oxygen atoms in total. The summed E-state index contributed by atoms with van der Waals surface area (Å²) in [6, 6.07) is 0. The van der Waals surface area contributed by atoms with E-state index in [9.17, 15) is 0 Å². The predicted molar refractivity (Wildman–Crippen MR) is 78.6 cm³/mol. The Morgan fingerprint density at radius 3 is 1.83 bits per heavy atom. The monoisotopic (exact) mass is 254 g/mol. The summed E-state index contributed by atoms with van der Waals surface area (Å²) in [5.41, 5.74) is 0. The van der Waals surface area contributed by atoms with Crippen LogP contribution in [0.1, 0.15) is 64.2 Å². The first-order valence-corrected chi connectivity index (χ1v) is 7.37. The Labute approximate surface area is 112 Å². The Hall–Kier alpha value is -0.600. The summed E-state index contributed by atoms with van der Waals surface area (Å²) >= 11 is 0. The Bertz CT molecular complexity index is 199. The molecule has 0 spiro atoms. The van der Waals surface area contributed by atoms with Crippen LogP contribution in [0.4, 0.5) is 0 Å². The van der Waals surface area contributed by atoms with Gasteiger partial charge in [0, 0.05) is 0 Å². The third kappa shape index (κ3) is 13.5. The number of aliphatic hydroxyl groups is 2. The Kier molecular flexibility index (Phi) is 14.0. The summed E-state index contributed by atoms with van der Waals surface area (Å²) in [6.45, 7) is 3.55. The molecule has 0 saturated heterocycles. The zero-order valence-electron chi connectivity index (χ0n) is 11.7. The zero-order valence-corrected chi connectivity index (χ0v) is 11.7. The molecular formula is C16H30O2. The molecule has 2 heteroatoms. The van der Waals surface area contributed by atoms with Crippen molar-refractivity contribution in [3.8, 4) is 0 Å². The van der Waals surface area contributed by atoms with Gasteiger partial charge in [0.1, 0.15) is 0 Å². The Morgan fingerprint density at radius 2 is 1.33 bits per heavy atom. The van der Waals surface area contributed by atoms with Crippen LogP contribution in [0.3, 0.4) is 0 Å². The first-order valence-electron chi connectivity index (χ1n) is 7.37. The molecule has 0 bridgehead atoms. The highest BCUT2D eigenvalue weighted by molar-refractivity contribution is 4.87. The first kappa shape index (κ1) is 17.4. The fourth-order valence-electron chi connectivity index (χ4n) is 1.93. The quantitative estimate of drug-likeness (QED) is 0.385. The van der Waals surface area contributed by atoms with Gasteiger partial charge in [-0.3, -0.25) is 0 Å². The van der Waals surface area contributed by atoms with E-state index in [4.69, 9.17) is 10.2 Å². The van der Waals surface area contributed by atoms with Gasteiger partial charge in [0.05, 0.1) is 12.7 Å². The lowest BCUT2D eigenvalue weighted by atomic mass is 10.1. The van der Waals surface area contributed by atoms with Crippen LogP contribution >= 0.6 is 0 Å². The summed E-state index contributed by atoms with van der Waals surface area (Å²) < 4.78 is 0. The van der Waals surface area contributed by atoms with Crippen LogP contribution in [-0.4, -0.2) is 22.9 Å². The number of unbranched alkanes of at least 4 members (excludes halogenated alkanes) is 9. The maximum Gasteiger partial charge on any atom is 0.0951 e. The van der Waals surface area contributed by atoms with Crippen LogP contribution in [0.15, 0.2) is 24.8 Å². The van der Waals surface area contributed by atoms with E-state index in [1.807, 2.05) is 12.2 Å². The molecule has 0 radical (unpaired) electrons. The molecule has 0 amide bonds. The minimum absolute atomic E-state index is 0.178. The van der Waals surface area contributed by atoms with E-state index < -0.39 is 6.10 Å². The van der Waals surface area contributed by atoms with Crippen LogP contribution < -0.4 is 0 Å². The van der Waals surface area contributed by atoms with Gasteiger partial charge in [-0.2, -0.15) is 0 Å². The molecule has 0 fully saturated rings. The van der Waals surface area contributed by atoms with Gasteiger partial charge in [0.2, 0.25) is 0 Å². The van der Waals surface area contributed by atoms with Crippen LogP contribution in [0, 0.1) is 0 Å². The summed E-state index contributed by atoms with van der Waals surface area (Å²) in [5, 5.41) is 17.7. The molecule has 0 saturated carbocycles. The third-order valence-electron chi connectivity index (χ3n) is 3.07. The molecule has 2 N–H and O–H groups in total. The zero-order chi connectivity index (χ0) is 13.5. The molecule has 18 heavy (non-hydrogen) atoms.